The number of rotatable bonds is 4. The second-order valence-corrected chi connectivity index (χ2v) is 5.74. The normalized spacial score (nSPS) is 22.4. The van der Waals surface area contributed by atoms with E-state index in [1.54, 1.807) is 0 Å². The Bertz CT molecular complexity index is 501. The van der Waals surface area contributed by atoms with Gasteiger partial charge in [-0.25, -0.2) is 0 Å². The van der Waals surface area contributed by atoms with Crippen molar-refractivity contribution in [2.75, 3.05) is 13.7 Å². The third kappa shape index (κ3) is 3.34. The molecule has 2 heteroatoms. The fraction of sp³-hybridized carbons (Fsp3) is 0.368. The van der Waals surface area contributed by atoms with Crippen LogP contribution in [0.3, 0.4) is 0 Å². The molecule has 1 fully saturated rings. The summed E-state index contributed by atoms with van der Waals surface area (Å²) in [6.45, 7) is 1.03. The first-order valence-electron chi connectivity index (χ1n) is 7.74. The maximum absolute atomic E-state index is 5.60. The summed E-state index contributed by atoms with van der Waals surface area (Å²) in [5.41, 5.74) is 2.75. The molecule has 1 aliphatic rings. The number of ether oxygens (including phenoxy) is 1. The topological polar surface area (TPSA) is 21.3 Å². The Morgan fingerprint density at radius 2 is 1.52 bits per heavy atom. The lowest BCUT2D eigenvalue weighted by Crippen LogP contribution is -2.44. The lowest BCUT2D eigenvalue weighted by Gasteiger charge is -2.35. The Hall–Kier alpha value is -1.64. The van der Waals surface area contributed by atoms with Gasteiger partial charge in [0.15, 0.2) is 0 Å². The zero-order valence-electron chi connectivity index (χ0n) is 12.5. The third-order valence-corrected chi connectivity index (χ3v) is 4.44. The van der Waals surface area contributed by atoms with Crippen LogP contribution >= 0.6 is 0 Å². The number of methoxy groups -OCH3 is 1. The first kappa shape index (κ1) is 14.3. The average molecular weight is 281 g/mol. The van der Waals surface area contributed by atoms with Crippen LogP contribution in [-0.2, 0) is 4.74 Å². The standard InChI is InChI=1S/C19H23NO/c1-21-17-12-13-20-18(14-17)19(15-8-4-2-5-9-15)16-10-6-3-7-11-16/h2-11,17-20H,12-14H2,1H3. The quantitative estimate of drug-likeness (QED) is 0.925. The maximum Gasteiger partial charge on any atom is 0.0598 e. The van der Waals surface area contributed by atoms with Gasteiger partial charge in [0, 0.05) is 19.1 Å². The number of nitrogens with one attached hydrogen (secondary N) is 1. The summed E-state index contributed by atoms with van der Waals surface area (Å²) >= 11 is 0. The van der Waals surface area contributed by atoms with Crippen molar-refractivity contribution in [3.63, 3.8) is 0 Å². The Morgan fingerprint density at radius 1 is 0.952 bits per heavy atom. The Morgan fingerprint density at radius 3 is 2.05 bits per heavy atom. The van der Waals surface area contributed by atoms with Gasteiger partial charge in [-0.2, -0.15) is 0 Å². The van der Waals surface area contributed by atoms with Crippen LogP contribution in [0.1, 0.15) is 29.9 Å². The van der Waals surface area contributed by atoms with Crippen molar-refractivity contribution in [3.05, 3.63) is 71.8 Å². The highest BCUT2D eigenvalue weighted by Crippen LogP contribution is 2.32. The van der Waals surface area contributed by atoms with Gasteiger partial charge in [0.2, 0.25) is 0 Å². The van der Waals surface area contributed by atoms with Crippen molar-refractivity contribution < 1.29 is 4.74 Å². The zero-order valence-corrected chi connectivity index (χ0v) is 12.5. The lowest BCUT2D eigenvalue weighted by atomic mass is 9.81. The molecule has 3 rings (SSSR count). The molecule has 0 spiro atoms. The first-order chi connectivity index (χ1) is 10.4. The van der Waals surface area contributed by atoms with Gasteiger partial charge in [-0.15, -0.1) is 0 Å². The van der Waals surface area contributed by atoms with E-state index in [-0.39, 0.29) is 0 Å². The number of hydrogen-bond donors (Lipinski definition) is 1. The number of piperidine rings is 1. The molecule has 1 heterocycles. The minimum atomic E-state index is 0.367. The maximum atomic E-state index is 5.60. The van der Waals surface area contributed by atoms with Crippen molar-refractivity contribution in [1.82, 2.24) is 5.32 Å². The molecule has 0 bridgehead atoms. The smallest absolute Gasteiger partial charge is 0.0598 e. The van der Waals surface area contributed by atoms with E-state index in [0.29, 0.717) is 18.1 Å². The van der Waals surface area contributed by atoms with Crippen LogP contribution in [0.15, 0.2) is 60.7 Å². The van der Waals surface area contributed by atoms with Gasteiger partial charge in [-0.1, -0.05) is 60.7 Å². The van der Waals surface area contributed by atoms with Crippen LogP contribution in [0.4, 0.5) is 0 Å². The molecule has 1 saturated heterocycles. The third-order valence-electron chi connectivity index (χ3n) is 4.44. The molecule has 110 valence electrons. The monoisotopic (exact) mass is 281 g/mol. The van der Waals surface area contributed by atoms with Gasteiger partial charge in [-0.3, -0.25) is 0 Å². The summed E-state index contributed by atoms with van der Waals surface area (Å²) in [7, 11) is 1.83. The minimum Gasteiger partial charge on any atom is -0.381 e. The van der Waals surface area contributed by atoms with Crippen molar-refractivity contribution in [1.29, 1.82) is 0 Å². The zero-order chi connectivity index (χ0) is 14.5. The predicted molar refractivity (Wildman–Crippen MR) is 86.5 cm³/mol. The van der Waals surface area contributed by atoms with Crippen LogP contribution in [0.2, 0.25) is 0 Å². The highest BCUT2D eigenvalue weighted by atomic mass is 16.5. The van der Waals surface area contributed by atoms with E-state index in [1.165, 1.54) is 11.1 Å². The summed E-state index contributed by atoms with van der Waals surface area (Å²) in [5.74, 6) is 0.380. The summed E-state index contributed by atoms with van der Waals surface area (Å²) in [4.78, 5) is 0. The fourth-order valence-electron chi connectivity index (χ4n) is 3.36. The molecule has 0 saturated carbocycles. The van der Waals surface area contributed by atoms with Gasteiger partial charge in [0.05, 0.1) is 6.10 Å². The van der Waals surface area contributed by atoms with Gasteiger partial charge >= 0.3 is 0 Å². The number of benzene rings is 2. The molecule has 21 heavy (non-hydrogen) atoms. The largest absolute Gasteiger partial charge is 0.381 e. The van der Waals surface area contributed by atoms with Crippen LogP contribution in [0, 0.1) is 0 Å². The molecular weight excluding hydrogens is 258 g/mol. The van der Waals surface area contributed by atoms with E-state index in [9.17, 15) is 0 Å². The molecule has 1 N–H and O–H groups in total. The van der Waals surface area contributed by atoms with Crippen LogP contribution in [-0.4, -0.2) is 25.8 Å². The first-order valence-corrected chi connectivity index (χ1v) is 7.74. The summed E-state index contributed by atoms with van der Waals surface area (Å²) in [6, 6.07) is 22.0. The summed E-state index contributed by atoms with van der Waals surface area (Å²) in [6.07, 6.45) is 2.53. The average Bonchev–Trinajstić information content (AvgIpc) is 2.57. The molecule has 2 nitrogen and oxygen atoms in total. The van der Waals surface area contributed by atoms with E-state index < -0.39 is 0 Å². The van der Waals surface area contributed by atoms with E-state index in [2.05, 4.69) is 66.0 Å². The highest BCUT2D eigenvalue weighted by molar-refractivity contribution is 5.34. The SMILES string of the molecule is COC1CCNC(C(c2ccccc2)c2ccccc2)C1. The van der Waals surface area contributed by atoms with Crippen LogP contribution < -0.4 is 5.32 Å². The van der Waals surface area contributed by atoms with E-state index in [4.69, 9.17) is 4.74 Å². The predicted octanol–water partition coefficient (Wildman–Crippen LogP) is 3.59. The lowest BCUT2D eigenvalue weighted by molar-refractivity contribution is 0.0596. The highest BCUT2D eigenvalue weighted by Gasteiger charge is 2.30. The summed E-state index contributed by atoms with van der Waals surface area (Å²) in [5, 5.41) is 3.70. The molecule has 0 amide bonds. The molecule has 2 atom stereocenters. The molecule has 0 aromatic heterocycles. The molecule has 1 aliphatic heterocycles. The molecule has 2 aromatic rings. The van der Waals surface area contributed by atoms with Gasteiger partial charge < -0.3 is 10.1 Å². The van der Waals surface area contributed by atoms with E-state index in [0.717, 1.165) is 19.4 Å². The van der Waals surface area contributed by atoms with Crippen molar-refractivity contribution in [2.24, 2.45) is 0 Å². The number of hydrogen-bond acceptors (Lipinski definition) is 2. The van der Waals surface area contributed by atoms with Crippen molar-refractivity contribution in [2.45, 2.75) is 30.9 Å². The molecule has 0 radical (unpaired) electrons. The second-order valence-electron chi connectivity index (χ2n) is 5.74. The molecular formula is C19H23NO. The minimum absolute atomic E-state index is 0.367. The van der Waals surface area contributed by atoms with Gasteiger partial charge in [-0.05, 0) is 30.5 Å². The summed E-state index contributed by atoms with van der Waals surface area (Å²) < 4.78 is 5.60. The molecule has 2 aromatic carbocycles. The van der Waals surface area contributed by atoms with E-state index in [1.807, 2.05) is 7.11 Å². The fourth-order valence-corrected chi connectivity index (χ4v) is 3.36. The Kier molecular flexibility index (Phi) is 4.69. The second kappa shape index (κ2) is 6.88. The van der Waals surface area contributed by atoms with E-state index >= 15 is 0 Å². The van der Waals surface area contributed by atoms with Crippen LogP contribution in [0.5, 0.6) is 0 Å². The Labute approximate surface area is 127 Å². The molecule has 2 unspecified atom stereocenters. The Balaban J connectivity index is 1.93. The van der Waals surface area contributed by atoms with Crippen LogP contribution in [0.25, 0.3) is 0 Å². The van der Waals surface area contributed by atoms with Gasteiger partial charge in [0.25, 0.3) is 0 Å². The molecule has 0 aliphatic carbocycles. The van der Waals surface area contributed by atoms with Crippen molar-refractivity contribution in [3.8, 4) is 0 Å². The van der Waals surface area contributed by atoms with Gasteiger partial charge in [0.1, 0.15) is 0 Å². The van der Waals surface area contributed by atoms with Crippen molar-refractivity contribution >= 4 is 0 Å².